The first kappa shape index (κ1) is 21.6. The Kier molecular flexibility index (Phi) is 5.34. The van der Waals surface area contributed by atoms with Crippen molar-refractivity contribution in [3.8, 4) is 5.75 Å². The molecule has 3 aromatic carbocycles. The molecular weight excluding hydrogens is 438 g/mol. The van der Waals surface area contributed by atoms with E-state index in [9.17, 15) is 38.7 Å². The van der Waals surface area contributed by atoms with E-state index in [4.69, 9.17) is 0 Å². The zero-order valence-electron chi connectivity index (χ0n) is 16.6. The Morgan fingerprint density at radius 3 is 2.30 bits per heavy atom. The van der Waals surface area contributed by atoms with Crippen molar-refractivity contribution >= 4 is 28.8 Å². The van der Waals surface area contributed by atoms with E-state index >= 15 is 0 Å². The molecule has 166 valence electrons. The lowest BCUT2D eigenvalue weighted by Gasteiger charge is -2.25. The molecular formula is C23H14F2N2O6. The average molecular weight is 452 g/mol. The monoisotopic (exact) mass is 452 g/mol. The molecule has 1 aliphatic rings. The molecule has 0 spiro atoms. The largest absolute Gasteiger partial charge is 0.507 e. The molecule has 1 unspecified atom stereocenters. The number of aliphatic hydroxyl groups excluding tert-OH is 1. The number of amides is 1. The molecule has 8 nitrogen and oxygen atoms in total. The molecule has 0 radical (unpaired) electrons. The average Bonchev–Trinajstić information content (AvgIpc) is 3.04. The molecule has 0 bridgehead atoms. The minimum absolute atomic E-state index is 0.00613. The molecule has 33 heavy (non-hydrogen) atoms. The molecule has 1 fully saturated rings. The number of ketones is 1. The Bertz CT molecular complexity index is 1340. The lowest BCUT2D eigenvalue weighted by Crippen LogP contribution is -2.29. The second-order valence-corrected chi connectivity index (χ2v) is 7.16. The fraction of sp³-hybridized carbons (Fsp3) is 0.0435. The molecule has 0 aliphatic carbocycles. The zero-order valence-corrected chi connectivity index (χ0v) is 16.6. The number of halogens is 2. The number of aromatic hydroxyl groups is 1. The van der Waals surface area contributed by atoms with Gasteiger partial charge in [0.05, 0.1) is 16.5 Å². The van der Waals surface area contributed by atoms with Gasteiger partial charge in [0.15, 0.2) is 5.75 Å². The summed E-state index contributed by atoms with van der Waals surface area (Å²) in [5.41, 5.74) is -1.13. The maximum Gasteiger partial charge on any atom is 0.311 e. The number of nitrogens with zero attached hydrogens (tertiary/aromatic N) is 2. The van der Waals surface area contributed by atoms with E-state index in [2.05, 4.69) is 0 Å². The molecule has 1 atom stereocenters. The molecule has 3 aromatic rings. The van der Waals surface area contributed by atoms with E-state index in [1.807, 2.05) is 0 Å². The Morgan fingerprint density at radius 2 is 1.67 bits per heavy atom. The van der Waals surface area contributed by atoms with Gasteiger partial charge in [-0.25, -0.2) is 8.78 Å². The highest BCUT2D eigenvalue weighted by molar-refractivity contribution is 6.51. The highest BCUT2D eigenvalue weighted by atomic mass is 19.1. The Hall–Kier alpha value is -4.60. The summed E-state index contributed by atoms with van der Waals surface area (Å²) in [6, 6.07) is 11.0. The van der Waals surface area contributed by atoms with Crippen molar-refractivity contribution in [2.75, 3.05) is 4.90 Å². The number of carbonyl (C=O) groups is 2. The van der Waals surface area contributed by atoms with Gasteiger partial charge in [0.25, 0.3) is 11.7 Å². The van der Waals surface area contributed by atoms with Crippen LogP contribution in [0.2, 0.25) is 0 Å². The molecule has 2 N–H and O–H groups in total. The first-order chi connectivity index (χ1) is 15.7. The van der Waals surface area contributed by atoms with Crippen molar-refractivity contribution < 1.29 is 33.5 Å². The number of rotatable bonds is 4. The standard InChI is InChI=1S/C23H14F2N2O6/c24-14-7-4-12(5-8-14)21(29)19-20(13-6-9-18(28)17(10-13)27(32)33)26(23(31)22(19)30)16-3-1-2-15(25)11-16/h1-11,20,28-29H/b21-19-. The van der Waals surface area contributed by atoms with Crippen LogP contribution in [0.15, 0.2) is 72.3 Å². The predicted octanol–water partition coefficient (Wildman–Crippen LogP) is 4.20. The van der Waals surface area contributed by atoms with E-state index < -0.39 is 57.1 Å². The molecule has 10 heteroatoms. The van der Waals surface area contributed by atoms with Crippen molar-refractivity contribution in [3.05, 3.63) is 105 Å². The van der Waals surface area contributed by atoms with Crippen molar-refractivity contribution in [1.29, 1.82) is 0 Å². The second kappa shape index (κ2) is 8.15. The van der Waals surface area contributed by atoms with Crippen molar-refractivity contribution in [2.45, 2.75) is 6.04 Å². The van der Waals surface area contributed by atoms with Gasteiger partial charge in [-0.15, -0.1) is 0 Å². The topological polar surface area (TPSA) is 121 Å². The van der Waals surface area contributed by atoms with E-state index in [1.165, 1.54) is 30.3 Å². The maximum absolute atomic E-state index is 13.9. The fourth-order valence-corrected chi connectivity index (χ4v) is 3.66. The SMILES string of the molecule is O=C1C(=O)N(c2cccc(F)c2)C(c2ccc(O)c([N+](=O)[O-])c2)/C1=C(/O)c1ccc(F)cc1. The second-order valence-electron chi connectivity index (χ2n) is 7.16. The minimum atomic E-state index is -1.39. The summed E-state index contributed by atoms with van der Waals surface area (Å²) >= 11 is 0. The van der Waals surface area contributed by atoms with Crippen LogP contribution in [0.5, 0.6) is 5.75 Å². The van der Waals surface area contributed by atoms with Crippen LogP contribution in [0.4, 0.5) is 20.2 Å². The van der Waals surface area contributed by atoms with Crippen LogP contribution >= 0.6 is 0 Å². The third kappa shape index (κ3) is 3.78. The Morgan fingerprint density at radius 1 is 0.970 bits per heavy atom. The lowest BCUT2D eigenvalue weighted by molar-refractivity contribution is -0.385. The summed E-state index contributed by atoms with van der Waals surface area (Å²) in [5, 5.41) is 32.0. The highest BCUT2D eigenvalue weighted by Gasteiger charge is 2.47. The van der Waals surface area contributed by atoms with Crippen LogP contribution in [0.1, 0.15) is 17.2 Å². The number of hydrogen-bond donors (Lipinski definition) is 2. The van der Waals surface area contributed by atoms with E-state index in [0.717, 1.165) is 41.3 Å². The minimum Gasteiger partial charge on any atom is -0.507 e. The number of benzene rings is 3. The lowest BCUT2D eigenvalue weighted by atomic mass is 9.94. The van der Waals surface area contributed by atoms with Gasteiger partial charge in [0.2, 0.25) is 0 Å². The van der Waals surface area contributed by atoms with Gasteiger partial charge in [0.1, 0.15) is 17.4 Å². The number of phenols is 1. The summed E-state index contributed by atoms with van der Waals surface area (Å²) in [4.78, 5) is 37.3. The smallest absolute Gasteiger partial charge is 0.311 e. The number of carbonyl (C=O) groups excluding carboxylic acids is 2. The summed E-state index contributed by atoms with van der Waals surface area (Å²) in [6.07, 6.45) is 0. The number of nitro groups is 1. The quantitative estimate of drug-likeness (QED) is 0.201. The zero-order chi connectivity index (χ0) is 23.9. The maximum atomic E-state index is 13.9. The Labute approximate surface area is 184 Å². The van der Waals surface area contributed by atoms with Gasteiger partial charge in [-0.2, -0.15) is 0 Å². The molecule has 1 heterocycles. The van der Waals surface area contributed by atoms with E-state index in [0.29, 0.717) is 0 Å². The highest BCUT2D eigenvalue weighted by Crippen LogP contribution is 2.44. The van der Waals surface area contributed by atoms with E-state index in [1.54, 1.807) is 0 Å². The van der Waals surface area contributed by atoms with Crippen LogP contribution in [0, 0.1) is 21.7 Å². The van der Waals surface area contributed by atoms with Crippen LogP contribution in [0.25, 0.3) is 5.76 Å². The predicted molar refractivity (Wildman–Crippen MR) is 112 cm³/mol. The third-order valence-electron chi connectivity index (χ3n) is 5.16. The first-order valence-corrected chi connectivity index (χ1v) is 9.49. The molecule has 4 rings (SSSR count). The number of hydrogen-bond acceptors (Lipinski definition) is 6. The van der Waals surface area contributed by atoms with Crippen LogP contribution in [-0.4, -0.2) is 26.8 Å². The third-order valence-corrected chi connectivity index (χ3v) is 5.16. The van der Waals surface area contributed by atoms with Crippen LogP contribution in [-0.2, 0) is 9.59 Å². The van der Waals surface area contributed by atoms with Gasteiger partial charge in [0, 0.05) is 17.3 Å². The number of aliphatic hydroxyl groups is 1. The summed E-state index contributed by atoms with van der Waals surface area (Å²) in [6.45, 7) is 0. The molecule has 1 aliphatic heterocycles. The normalized spacial score (nSPS) is 17.4. The Balaban J connectivity index is 1.99. The van der Waals surface area contributed by atoms with Crippen molar-refractivity contribution in [2.24, 2.45) is 0 Å². The first-order valence-electron chi connectivity index (χ1n) is 9.49. The molecule has 1 saturated heterocycles. The van der Waals surface area contributed by atoms with Gasteiger partial charge in [-0.05, 0) is 54.1 Å². The fourth-order valence-electron chi connectivity index (χ4n) is 3.66. The van der Waals surface area contributed by atoms with Crippen molar-refractivity contribution in [1.82, 2.24) is 0 Å². The van der Waals surface area contributed by atoms with Crippen LogP contribution in [0.3, 0.4) is 0 Å². The number of anilines is 1. The van der Waals surface area contributed by atoms with Crippen LogP contribution < -0.4 is 4.90 Å². The van der Waals surface area contributed by atoms with E-state index in [-0.39, 0.29) is 16.8 Å². The molecule has 0 saturated carbocycles. The summed E-state index contributed by atoms with van der Waals surface area (Å²) in [7, 11) is 0. The molecule has 1 amide bonds. The number of Topliss-reactive ketones (excluding diaryl/α,β-unsaturated/α-hetero) is 1. The van der Waals surface area contributed by atoms with Gasteiger partial charge in [-0.3, -0.25) is 24.6 Å². The summed E-state index contributed by atoms with van der Waals surface area (Å²) < 4.78 is 27.3. The van der Waals surface area contributed by atoms with Gasteiger partial charge in [-0.1, -0.05) is 12.1 Å². The molecule has 0 aromatic heterocycles. The van der Waals surface area contributed by atoms with Gasteiger partial charge < -0.3 is 10.2 Å². The van der Waals surface area contributed by atoms with Gasteiger partial charge >= 0.3 is 5.69 Å². The van der Waals surface area contributed by atoms with Crippen molar-refractivity contribution in [3.63, 3.8) is 0 Å². The number of phenolic OH excluding ortho intramolecular Hbond substituents is 1. The summed E-state index contributed by atoms with van der Waals surface area (Å²) in [5.74, 6) is -4.83. The number of nitro benzene ring substituents is 1.